The number of nitrogens with one attached hydrogen (secondary N) is 2. The molecule has 1 heterocycles. The van der Waals surface area contributed by atoms with Crippen molar-refractivity contribution in [2.75, 3.05) is 23.7 Å². The third-order valence-electron chi connectivity index (χ3n) is 3.17. The van der Waals surface area contributed by atoms with Crippen molar-refractivity contribution in [1.29, 1.82) is 0 Å². The highest BCUT2D eigenvalue weighted by atomic mass is 19.1. The molecule has 0 amide bonds. The number of hydrogen-bond acceptors (Lipinski definition) is 4. The molecule has 108 valence electrons. The molecule has 0 bridgehead atoms. The monoisotopic (exact) mass is 273 g/mol. The Balaban J connectivity index is 2.86. The molecule has 6 heteroatoms. The van der Waals surface area contributed by atoms with Gasteiger partial charge in [0, 0.05) is 19.2 Å². The van der Waals surface area contributed by atoms with Crippen molar-refractivity contribution >= 4 is 11.6 Å². The molecule has 0 atom stereocenters. The first-order valence-corrected chi connectivity index (χ1v) is 6.52. The van der Waals surface area contributed by atoms with Gasteiger partial charge in [0.1, 0.15) is 0 Å². The van der Waals surface area contributed by atoms with E-state index in [0.717, 1.165) is 6.07 Å². The number of hydrogen-bond donors (Lipinski definition) is 3. The third-order valence-corrected chi connectivity index (χ3v) is 3.17. The van der Waals surface area contributed by atoms with Gasteiger partial charge in [-0.05, 0) is 19.8 Å². The van der Waals surface area contributed by atoms with Gasteiger partial charge in [0.25, 0.3) is 0 Å². The molecule has 0 radical (unpaired) electrons. The van der Waals surface area contributed by atoms with Gasteiger partial charge in [0.05, 0.1) is 5.60 Å². The second kappa shape index (κ2) is 6.65. The fourth-order valence-corrected chi connectivity index (χ4v) is 1.63. The molecule has 0 saturated carbocycles. The molecule has 0 aliphatic heterocycles. The Kier molecular flexibility index (Phi) is 5.47. The summed E-state index contributed by atoms with van der Waals surface area (Å²) in [6.07, 6.45) is 1.08. The molecule has 4 nitrogen and oxygen atoms in total. The zero-order valence-corrected chi connectivity index (χ0v) is 11.6. The molecule has 1 aromatic rings. The number of nitrogens with zero attached hydrogens (tertiary/aromatic N) is 1. The van der Waals surface area contributed by atoms with E-state index in [2.05, 4.69) is 15.6 Å². The average molecular weight is 273 g/mol. The van der Waals surface area contributed by atoms with Crippen LogP contribution in [-0.4, -0.2) is 28.8 Å². The zero-order chi connectivity index (χ0) is 14.5. The van der Waals surface area contributed by atoms with Crippen LogP contribution in [0.15, 0.2) is 6.07 Å². The summed E-state index contributed by atoms with van der Waals surface area (Å²) in [5, 5.41) is 15.6. The highest BCUT2D eigenvalue weighted by Crippen LogP contribution is 2.21. The van der Waals surface area contributed by atoms with Crippen LogP contribution < -0.4 is 10.6 Å². The van der Waals surface area contributed by atoms with Crippen molar-refractivity contribution in [2.24, 2.45) is 0 Å². The van der Waals surface area contributed by atoms with E-state index in [-0.39, 0.29) is 18.2 Å². The fourth-order valence-electron chi connectivity index (χ4n) is 1.63. The van der Waals surface area contributed by atoms with Crippen molar-refractivity contribution in [3.63, 3.8) is 0 Å². The highest BCUT2D eigenvalue weighted by Gasteiger charge is 2.23. The molecule has 1 aromatic heterocycles. The van der Waals surface area contributed by atoms with Crippen LogP contribution in [0.1, 0.15) is 33.6 Å². The van der Waals surface area contributed by atoms with Gasteiger partial charge in [-0.15, -0.1) is 0 Å². The largest absolute Gasteiger partial charge is 0.388 e. The number of halogens is 2. The average Bonchev–Trinajstić information content (AvgIpc) is 2.40. The maximum Gasteiger partial charge on any atom is 0.168 e. The van der Waals surface area contributed by atoms with Crippen molar-refractivity contribution in [1.82, 2.24) is 4.98 Å². The predicted molar refractivity (Wildman–Crippen MR) is 72.3 cm³/mol. The van der Waals surface area contributed by atoms with Gasteiger partial charge < -0.3 is 15.7 Å². The summed E-state index contributed by atoms with van der Waals surface area (Å²) in [4.78, 5) is 3.85. The molecule has 0 spiro atoms. The Hall–Kier alpha value is -1.43. The van der Waals surface area contributed by atoms with E-state index < -0.39 is 17.2 Å². The van der Waals surface area contributed by atoms with E-state index in [1.54, 1.807) is 6.92 Å². The van der Waals surface area contributed by atoms with Gasteiger partial charge >= 0.3 is 0 Å². The van der Waals surface area contributed by atoms with E-state index in [4.69, 9.17) is 0 Å². The quantitative estimate of drug-likeness (QED) is 0.715. The minimum Gasteiger partial charge on any atom is -0.388 e. The maximum atomic E-state index is 13.6. The Bertz CT molecular complexity index is 423. The van der Waals surface area contributed by atoms with Crippen molar-refractivity contribution in [3.8, 4) is 0 Å². The Morgan fingerprint density at radius 2 is 1.63 bits per heavy atom. The van der Waals surface area contributed by atoms with Crippen molar-refractivity contribution in [2.45, 2.75) is 39.2 Å². The molecule has 1 rings (SSSR count). The van der Waals surface area contributed by atoms with Crippen LogP contribution in [-0.2, 0) is 0 Å². The lowest BCUT2D eigenvalue weighted by Crippen LogP contribution is -2.35. The molecule has 19 heavy (non-hydrogen) atoms. The van der Waals surface area contributed by atoms with E-state index in [0.29, 0.717) is 19.4 Å². The Morgan fingerprint density at radius 3 is 2.11 bits per heavy atom. The summed E-state index contributed by atoms with van der Waals surface area (Å²) in [6, 6.07) is 0.782. The van der Waals surface area contributed by atoms with Crippen LogP contribution in [0.5, 0.6) is 0 Å². The van der Waals surface area contributed by atoms with Crippen LogP contribution in [0.4, 0.5) is 20.4 Å². The Labute approximate surface area is 112 Å². The standard InChI is InChI=1S/C13H21F2N3O/c1-4-13(19,5-2)8-17-12-10(15)7-9(14)11(18-12)16-6-3/h7,19H,4-6,8H2,1-3H3,(H2,16,17,18). The summed E-state index contributed by atoms with van der Waals surface area (Å²) in [6.45, 7) is 6.15. The summed E-state index contributed by atoms with van der Waals surface area (Å²) < 4.78 is 27.0. The minimum atomic E-state index is -0.916. The lowest BCUT2D eigenvalue weighted by Gasteiger charge is -2.25. The smallest absolute Gasteiger partial charge is 0.168 e. The summed E-state index contributed by atoms with van der Waals surface area (Å²) in [5.74, 6) is -1.56. The second-order valence-corrected chi connectivity index (χ2v) is 4.46. The highest BCUT2D eigenvalue weighted by molar-refractivity contribution is 5.47. The molecule has 0 saturated heterocycles. The van der Waals surface area contributed by atoms with Crippen LogP contribution in [0, 0.1) is 11.6 Å². The number of aliphatic hydroxyl groups is 1. The normalized spacial score (nSPS) is 11.5. The molecule has 0 fully saturated rings. The third kappa shape index (κ3) is 4.02. The second-order valence-electron chi connectivity index (χ2n) is 4.46. The molecule has 3 N–H and O–H groups in total. The first kappa shape index (κ1) is 15.6. The van der Waals surface area contributed by atoms with Crippen molar-refractivity contribution in [3.05, 3.63) is 17.7 Å². The van der Waals surface area contributed by atoms with Gasteiger partial charge in [-0.25, -0.2) is 13.8 Å². The summed E-state index contributed by atoms with van der Waals surface area (Å²) >= 11 is 0. The molecule has 0 aliphatic rings. The number of anilines is 2. The van der Waals surface area contributed by atoms with Crippen LogP contribution >= 0.6 is 0 Å². The van der Waals surface area contributed by atoms with E-state index in [9.17, 15) is 13.9 Å². The minimum absolute atomic E-state index is 0.00272. The van der Waals surface area contributed by atoms with Gasteiger partial charge in [-0.2, -0.15) is 0 Å². The van der Waals surface area contributed by atoms with E-state index in [1.165, 1.54) is 0 Å². The molecule has 0 unspecified atom stereocenters. The predicted octanol–water partition coefficient (Wildman–Crippen LogP) is 2.75. The van der Waals surface area contributed by atoms with E-state index in [1.807, 2.05) is 13.8 Å². The fraction of sp³-hybridized carbons (Fsp3) is 0.615. The van der Waals surface area contributed by atoms with Gasteiger partial charge in [-0.3, -0.25) is 0 Å². The Morgan fingerprint density at radius 1 is 1.11 bits per heavy atom. The van der Waals surface area contributed by atoms with Gasteiger partial charge in [0.15, 0.2) is 23.3 Å². The van der Waals surface area contributed by atoms with Crippen LogP contribution in [0.25, 0.3) is 0 Å². The first-order valence-electron chi connectivity index (χ1n) is 6.52. The number of aromatic nitrogens is 1. The molecular weight excluding hydrogens is 252 g/mol. The molecule has 0 aromatic carbocycles. The number of pyridine rings is 1. The van der Waals surface area contributed by atoms with Crippen molar-refractivity contribution < 1.29 is 13.9 Å². The lowest BCUT2D eigenvalue weighted by molar-refractivity contribution is 0.0455. The van der Waals surface area contributed by atoms with Crippen LogP contribution in [0.3, 0.4) is 0 Å². The lowest BCUT2D eigenvalue weighted by atomic mass is 9.98. The van der Waals surface area contributed by atoms with Gasteiger partial charge in [0.2, 0.25) is 0 Å². The summed E-state index contributed by atoms with van der Waals surface area (Å²) in [7, 11) is 0. The maximum absolute atomic E-state index is 13.6. The van der Waals surface area contributed by atoms with Gasteiger partial charge in [-0.1, -0.05) is 13.8 Å². The molecular formula is C13H21F2N3O. The zero-order valence-electron chi connectivity index (χ0n) is 11.6. The number of rotatable bonds is 7. The van der Waals surface area contributed by atoms with Crippen LogP contribution in [0.2, 0.25) is 0 Å². The SMILES string of the molecule is CCNc1nc(NCC(O)(CC)CC)c(F)cc1F. The topological polar surface area (TPSA) is 57.2 Å². The van der Waals surface area contributed by atoms with E-state index >= 15 is 0 Å². The summed E-state index contributed by atoms with van der Waals surface area (Å²) in [5.41, 5.74) is -0.916. The molecule has 0 aliphatic carbocycles. The first-order chi connectivity index (χ1) is 8.95.